The second kappa shape index (κ2) is 8.13. The van der Waals surface area contributed by atoms with E-state index in [4.69, 9.17) is 16.6 Å². The zero-order valence-corrected chi connectivity index (χ0v) is 17.1. The number of aromatic nitrogens is 3. The number of imidazole rings is 1. The van der Waals surface area contributed by atoms with Crippen LogP contribution in [0.4, 0.5) is 0 Å². The molecule has 1 saturated heterocycles. The minimum absolute atomic E-state index is 0.308. The van der Waals surface area contributed by atoms with Gasteiger partial charge in [0, 0.05) is 36.1 Å². The van der Waals surface area contributed by atoms with Crippen molar-refractivity contribution in [1.82, 2.24) is 19.9 Å². The van der Waals surface area contributed by atoms with Crippen LogP contribution in [0.5, 0.6) is 0 Å². The molecule has 0 amide bonds. The Morgan fingerprint density at radius 1 is 1.14 bits per heavy atom. The van der Waals surface area contributed by atoms with E-state index in [2.05, 4.69) is 45.2 Å². The van der Waals surface area contributed by atoms with Crippen LogP contribution in [0.1, 0.15) is 47.6 Å². The molecule has 5 rings (SSSR count). The number of nitrogens with one attached hydrogen (secondary N) is 1. The Hall–Kier alpha value is -2.43. The second-order valence-corrected chi connectivity index (χ2v) is 8.43. The molecule has 4 nitrogen and oxygen atoms in total. The number of nitrogens with zero attached hydrogens (tertiary/aromatic N) is 3. The number of halogens is 1. The summed E-state index contributed by atoms with van der Waals surface area (Å²) < 4.78 is 2.13. The molecule has 1 N–H and O–H groups in total. The fourth-order valence-corrected chi connectivity index (χ4v) is 5.01. The molecule has 148 valence electrons. The largest absolute Gasteiger partial charge is 0.337 e. The summed E-state index contributed by atoms with van der Waals surface area (Å²) in [7, 11) is 0. The third kappa shape index (κ3) is 3.75. The molecule has 3 heterocycles. The number of aryl methyl sites for hydroxylation is 1. The Labute approximate surface area is 176 Å². The Morgan fingerprint density at radius 2 is 2.03 bits per heavy atom. The Bertz CT molecular complexity index is 1020. The van der Waals surface area contributed by atoms with Crippen LogP contribution in [-0.4, -0.2) is 27.6 Å². The number of fused-ring (bicyclic) bond motifs is 2. The van der Waals surface area contributed by atoms with Gasteiger partial charge in [0.25, 0.3) is 0 Å². The molecule has 0 bridgehead atoms. The number of hydrogen-bond donors (Lipinski definition) is 1. The quantitative estimate of drug-likeness (QED) is 0.664. The van der Waals surface area contributed by atoms with E-state index < -0.39 is 0 Å². The molecule has 0 spiro atoms. The number of piperidine rings is 1. The van der Waals surface area contributed by atoms with Crippen molar-refractivity contribution in [3.8, 4) is 0 Å². The highest BCUT2D eigenvalue weighted by molar-refractivity contribution is 6.30. The molecule has 2 aliphatic rings. The lowest BCUT2D eigenvalue weighted by atomic mass is 9.76. The molecule has 1 aromatic carbocycles. The van der Waals surface area contributed by atoms with Crippen LogP contribution in [0.15, 0.2) is 55.2 Å². The third-order valence-corrected chi connectivity index (χ3v) is 6.48. The van der Waals surface area contributed by atoms with Crippen molar-refractivity contribution in [2.45, 2.75) is 31.7 Å². The van der Waals surface area contributed by atoms with Gasteiger partial charge >= 0.3 is 0 Å². The maximum absolute atomic E-state index is 6.41. The van der Waals surface area contributed by atoms with E-state index in [1.807, 2.05) is 31.0 Å². The maximum Gasteiger partial charge on any atom is 0.0946 e. The SMILES string of the molecule is Clc1ccc2c(c1)C=C(CCn1ccnc1)c1cccnc1C2C1CCNCC1. The van der Waals surface area contributed by atoms with Crippen LogP contribution in [0.3, 0.4) is 0 Å². The van der Waals surface area contributed by atoms with Gasteiger partial charge in [-0.1, -0.05) is 29.8 Å². The predicted molar refractivity (Wildman–Crippen MR) is 118 cm³/mol. The molecule has 29 heavy (non-hydrogen) atoms. The molecule has 1 fully saturated rings. The van der Waals surface area contributed by atoms with Crippen molar-refractivity contribution in [2.24, 2.45) is 5.92 Å². The Kier molecular flexibility index (Phi) is 5.21. The average Bonchev–Trinajstić information content (AvgIpc) is 3.23. The van der Waals surface area contributed by atoms with Gasteiger partial charge in [-0.05, 0) is 78.7 Å². The molecular formula is C24H25ClN4. The minimum atomic E-state index is 0.308. The van der Waals surface area contributed by atoms with Crippen LogP contribution in [0.2, 0.25) is 5.02 Å². The molecule has 3 aromatic rings. The summed E-state index contributed by atoms with van der Waals surface area (Å²) in [5.74, 6) is 0.897. The highest BCUT2D eigenvalue weighted by Gasteiger charge is 2.32. The fourth-order valence-electron chi connectivity index (χ4n) is 4.83. The average molecular weight is 405 g/mol. The zero-order valence-electron chi connectivity index (χ0n) is 16.4. The third-order valence-electron chi connectivity index (χ3n) is 6.25. The number of hydrogen-bond acceptors (Lipinski definition) is 3. The number of benzene rings is 1. The van der Waals surface area contributed by atoms with Crippen LogP contribution >= 0.6 is 11.6 Å². The highest BCUT2D eigenvalue weighted by Crippen LogP contribution is 2.44. The van der Waals surface area contributed by atoms with Gasteiger partial charge in [-0.3, -0.25) is 4.98 Å². The van der Waals surface area contributed by atoms with Crippen LogP contribution in [0, 0.1) is 5.92 Å². The Morgan fingerprint density at radius 3 is 2.86 bits per heavy atom. The van der Waals surface area contributed by atoms with Crippen LogP contribution < -0.4 is 5.32 Å². The number of rotatable bonds is 4. The van der Waals surface area contributed by atoms with E-state index >= 15 is 0 Å². The van der Waals surface area contributed by atoms with Gasteiger partial charge in [0.1, 0.15) is 0 Å². The van der Waals surface area contributed by atoms with Crippen molar-refractivity contribution in [3.05, 3.63) is 82.7 Å². The highest BCUT2D eigenvalue weighted by atomic mass is 35.5. The van der Waals surface area contributed by atoms with Gasteiger partial charge in [0.05, 0.1) is 12.0 Å². The normalized spacial score (nSPS) is 19.2. The minimum Gasteiger partial charge on any atom is -0.337 e. The molecule has 1 aliphatic heterocycles. The summed E-state index contributed by atoms with van der Waals surface area (Å²) in [6, 6.07) is 10.7. The molecular weight excluding hydrogens is 380 g/mol. The van der Waals surface area contributed by atoms with Crippen molar-refractivity contribution in [2.75, 3.05) is 13.1 Å². The summed E-state index contributed by atoms with van der Waals surface area (Å²) in [4.78, 5) is 9.12. The molecule has 0 saturated carbocycles. The molecule has 0 radical (unpaired) electrons. The number of pyridine rings is 1. The van der Waals surface area contributed by atoms with Crippen molar-refractivity contribution < 1.29 is 0 Å². The van der Waals surface area contributed by atoms with Gasteiger partial charge in [-0.2, -0.15) is 0 Å². The summed E-state index contributed by atoms with van der Waals surface area (Å²) in [5, 5.41) is 4.30. The van der Waals surface area contributed by atoms with E-state index in [9.17, 15) is 0 Å². The monoisotopic (exact) mass is 404 g/mol. The van der Waals surface area contributed by atoms with Crippen molar-refractivity contribution in [1.29, 1.82) is 0 Å². The predicted octanol–water partition coefficient (Wildman–Crippen LogP) is 5.01. The van der Waals surface area contributed by atoms with Gasteiger partial charge in [0.15, 0.2) is 0 Å². The second-order valence-electron chi connectivity index (χ2n) is 7.99. The lowest BCUT2D eigenvalue weighted by Gasteiger charge is -2.32. The first-order chi connectivity index (χ1) is 14.3. The van der Waals surface area contributed by atoms with Gasteiger partial charge < -0.3 is 9.88 Å². The summed E-state index contributed by atoms with van der Waals surface area (Å²) in [5.41, 5.74) is 6.42. The standard InChI is InChI=1S/C24H25ClN4/c25-20-3-4-21-19(15-20)14-18(7-12-29-13-11-27-16-29)22-2-1-8-28-24(22)23(21)17-5-9-26-10-6-17/h1-4,8,11,13-17,23,26H,5-7,9-10,12H2. The first kappa shape index (κ1) is 18.6. The smallest absolute Gasteiger partial charge is 0.0946 e. The first-order valence-corrected chi connectivity index (χ1v) is 10.8. The van der Waals surface area contributed by atoms with Crippen LogP contribution in [-0.2, 0) is 6.54 Å². The molecule has 2 aromatic heterocycles. The summed E-state index contributed by atoms with van der Waals surface area (Å²) in [6.07, 6.45) is 13.3. The zero-order chi connectivity index (χ0) is 19.6. The van der Waals surface area contributed by atoms with Gasteiger partial charge in [-0.15, -0.1) is 0 Å². The topological polar surface area (TPSA) is 42.7 Å². The van der Waals surface area contributed by atoms with E-state index in [1.54, 1.807) is 0 Å². The molecule has 5 heteroatoms. The van der Waals surface area contributed by atoms with Crippen molar-refractivity contribution in [3.63, 3.8) is 0 Å². The van der Waals surface area contributed by atoms with E-state index in [1.165, 1.54) is 40.8 Å². The molecule has 1 unspecified atom stereocenters. The van der Waals surface area contributed by atoms with E-state index in [0.29, 0.717) is 11.8 Å². The number of allylic oxidation sites excluding steroid dienone is 1. The van der Waals surface area contributed by atoms with E-state index in [0.717, 1.165) is 31.1 Å². The first-order valence-electron chi connectivity index (χ1n) is 10.4. The molecule has 1 atom stereocenters. The van der Waals surface area contributed by atoms with E-state index in [-0.39, 0.29) is 0 Å². The Balaban J connectivity index is 1.62. The van der Waals surface area contributed by atoms with Gasteiger partial charge in [-0.25, -0.2) is 4.98 Å². The fraction of sp³-hybridized carbons (Fsp3) is 0.333. The van der Waals surface area contributed by atoms with Crippen LogP contribution in [0.25, 0.3) is 11.6 Å². The summed E-state index contributed by atoms with van der Waals surface area (Å²) >= 11 is 6.41. The summed E-state index contributed by atoms with van der Waals surface area (Å²) in [6.45, 7) is 3.05. The van der Waals surface area contributed by atoms with Crippen molar-refractivity contribution >= 4 is 23.3 Å². The molecule has 1 aliphatic carbocycles. The van der Waals surface area contributed by atoms with Gasteiger partial charge in [0.2, 0.25) is 0 Å². The maximum atomic E-state index is 6.41. The lowest BCUT2D eigenvalue weighted by Crippen LogP contribution is -2.32. The lowest BCUT2D eigenvalue weighted by molar-refractivity contribution is 0.339.